The Labute approximate surface area is 341 Å². The lowest BCUT2D eigenvalue weighted by Crippen LogP contribution is -2.37. The maximum atomic E-state index is 15.2. The summed E-state index contributed by atoms with van der Waals surface area (Å²) < 4.78 is 121. The molecule has 12 nitrogen and oxygen atoms in total. The Morgan fingerprint density at radius 3 is 2.37 bits per heavy atom. The van der Waals surface area contributed by atoms with Crippen LogP contribution in [0, 0.1) is 23.5 Å². The van der Waals surface area contributed by atoms with Crippen molar-refractivity contribution in [3.05, 3.63) is 107 Å². The average Bonchev–Trinajstić information content (AvgIpc) is 3.94. The van der Waals surface area contributed by atoms with Crippen LogP contribution in [0.4, 0.5) is 41.3 Å². The van der Waals surface area contributed by atoms with Crippen LogP contribution in [0.15, 0.2) is 66.1 Å². The molecule has 2 aromatic carbocycles. The minimum absolute atomic E-state index is 0.0244. The fourth-order valence-corrected chi connectivity index (χ4v) is 7.57. The summed E-state index contributed by atoms with van der Waals surface area (Å²) in [5.41, 5.74) is -4.19. The molecule has 0 saturated heterocycles. The van der Waals surface area contributed by atoms with Crippen LogP contribution in [-0.2, 0) is 50.0 Å². The van der Waals surface area contributed by atoms with Gasteiger partial charge in [-0.15, -0.1) is 0 Å². The number of hydrogen-bond acceptors (Lipinski definition) is 7. The Balaban J connectivity index is 0.00000297. The van der Waals surface area contributed by atoms with Crippen molar-refractivity contribution in [2.75, 3.05) is 4.72 Å². The van der Waals surface area contributed by atoms with Gasteiger partial charge in [-0.1, -0.05) is 31.9 Å². The van der Waals surface area contributed by atoms with E-state index in [4.69, 9.17) is 0 Å². The number of benzene rings is 2. The molecule has 2 unspecified atom stereocenters. The Morgan fingerprint density at radius 2 is 1.73 bits per heavy atom. The minimum Gasteiger partial charge on any atom is -0.378 e. The van der Waals surface area contributed by atoms with Gasteiger partial charge in [0.1, 0.15) is 28.6 Å². The molecule has 0 radical (unpaired) electrons. The molecule has 0 aliphatic heterocycles. The fraction of sp³-hybridized carbons (Fsp3) is 0.325. The summed E-state index contributed by atoms with van der Waals surface area (Å²) in [5, 5.41) is 21.3. The van der Waals surface area contributed by atoms with Gasteiger partial charge in [0.25, 0.3) is 5.92 Å². The maximum Gasteiger partial charge on any atom is 0.435 e. The van der Waals surface area contributed by atoms with Crippen LogP contribution in [0.1, 0.15) is 74.1 Å². The number of rotatable bonds is 8. The molecule has 2 atom stereocenters. The number of aryl methyl sites for hydroxylation is 2. The Kier molecular flexibility index (Phi) is 12.0. The highest BCUT2D eigenvalue weighted by Gasteiger charge is 2.51. The zero-order valence-corrected chi connectivity index (χ0v) is 33.7. The van der Waals surface area contributed by atoms with Gasteiger partial charge in [-0.2, -0.15) is 36.8 Å². The third kappa shape index (κ3) is 9.06. The summed E-state index contributed by atoms with van der Waals surface area (Å²) in [6.07, 6.45) is -4.28. The molecule has 1 amide bonds. The van der Waals surface area contributed by atoms with Crippen LogP contribution < -0.4 is 10.0 Å². The molecule has 60 heavy (non-hydrogen) atoms. The number of nitrogens with zero attached hydrogens (tertiary/aromatic N) is 7. The molecular formula is C40H38F7N9O3S. The number of aromatic nitrogens is 7. The molecule has 6 aromatic rings. The highest BCUT2D eigenvalue weighted by atomic mass is 32.2. The molecule has 0 saturated carbocycles. The maximum absolute atomic E-state index is 15.2. The molecule has 7 rings (SSSR count). The SMILES string of the molecule is CC.Cn1cnc(S(=O)Nc2nn(C)c3c(-c4ccc(C#CC(C)(C)O)nc4C(Cc4cc(F)cc(F)c4)NC(=O)n4nc(C(F)(F)F)c5c4C(F)(F)CC5)cccc23)c1. The number of carbonyl (C=O) groups excluding carboxylic acids is 1. The zero-order valence-electron chi connectivity index (χ0n) is 32.9. The third-order valence-electron chi connectivity index (χ3n) is 9.11. The monoisotopic (exact) mass is 857 g/mol. The van der Waals surface area contributed by atoms with E-state index in [0.29, 0.717) is 22.5 Å². The first-order chi connectivity index (χ1) is 28.2. The summed E-state index contributed by atoms with van der Waals surface area (Å²) in [5.74, 6) is -0.277. The largest absolute Gasteiger partial charge is 0.435 e. The summed E-state index contributed by atoms with van der Waals surface area (Å²) in [4.78, 5) is 22.8. The first-order valence-corrected chi connectivity index (χ1v) is 19.6. The Bertz CT molecular complexity index is 2670. The predicted molar refractivity (Wildman–Crippen MR) is 208 cm³/mol. The van der Waals surface area contributed by atoms with Crippen molar-refractivity contribution in [2.45, 2.75) is 75.7 Å². The number of hydrogen-bond donors (Lipinski definition) is 3. The quantitative estimate of drug-likeness (QED) is 0.105. The second kappa shape index (κ2) is 16.5. The van der Waals surface area contributed by atoms with Crippen molar-refractivity contribution in [3.8, 4) is 23.0 Å². The summed E-state index contributed by atoms with van der Waals surface area (Å²) in [7, 11) is 1.47. The molecule has 3 N–H and O–H groups in total. The van der Waals surface area contributed by atoms with Gasteiger partial charge in [0.15, 0.2) is 27.5 Å². The van der Waals surface area contributed by atoms with Crippen molar-refractivity contribution in [1.82, 2.24) is 39.4 Å². The fourth-order valence-electron chi connectivity index (χ4n) is 6.74. The van der Waals surface area contributed by atoms with Gasteiger partial charge in [-0.05, 0) is 68.5 Å². The number of halogens is 7. The third-order valence-corrected chi connectivity index (χ3v) is 10.1. The lowest BCUT2D eigenvalue weighted by Gasteiger charge is -2.23. The van der Waals surface area contributed by atoms with E-state index in [2.05, 4.69) is 42.0 Å². The molecular weight excluding hydrogens is 820 g/mol. The number of alkyl halides is 5. The van der Waals surface area contributed by atoms with Crippen LogP contribution in [0.25, 0.3) is 22.0 Å². The van der Waals surface area contributed by atoms with E-state index in [1.807, 2.05) is 13.8 Å². The van der Waals surface area contributed by atoms with Gasteiger partial charge in [0.2, 0.25) is 0 Å². The van der Waals surface area contributed by atoms with Gasteiger partial charge < -0.3 is 15.0 Å². The first kappa shape index (κ1) is 43.5. The second-order valence-electron chi connectivity index (χ2n) is 14.1. The number of amides is 1. The smallest absolute Gasteiger partial charge is 0.378 e. The minimum atomic E-state index is -5.17. The van der Waals surface area contributed by atoms with Crippen molar-refractivity contribution in [3.63, 3.8) is 0 Å². The topological polar surface area (TPSA) is 145 Å². The van der Waals surface area contributed by atoms with Crippen LogP contribution in [-0.4, -0.2) is 55.0 Å². The van der Waals surface area contributed by atoms with Crippen molar-refractivity contribution < 1.29 is 44.8 Å². The van der Waals surface area contributed by atoms with E-state index in [1.165, 1.54) is 30.9 Å². The number of aliphatic hydroxyl groups is 1. The zero-order chi connectivity index (χ0) is 43.9. The standard InChI is InChI=1S/C38H32F7N9O3S.C2H6/c1-36(2,56)12-10-23-8-9-24(25-6-5-7-26-31(25)53(4)50-34(26)51-58(57)29-18-52(3)19-46-29)30(47-23)28(16-20-14-21(39)17-22(40)15-20)48-35(55)54-33-27(11-13-37(33,41)42)32(49-54)38(43,44)45;1-2/h5-9,14-15,17-19,28,56H,11,13,16H2,1-4H3,(H,48,55)(H,50,51);1-2H3. The van der Waals surface area contributed by atoms with E-state index in [-0.39, 0.29) is 38.0 Å². The molecule has 0 spiro atoms. The van der Waals surface area contributed by atoms with E-state index < -0.39 is 88.6 Å². The van der Waals surface area contributed by atoms with E-state index >= 15 is 8.78 Å². The lowest BCUT2D eigenvalue weighted by molar-refractivity contribution is -0.142. The molecule has 20 heteroatoms. The summed E-state index contributed by atoms with van der Waals surface area (Å²) >= 11 is 0. The van der Waals surface area contributed by atoms with Crippen molar-refractivity contribution in [2.24, 2.45) is 14.1 Å². The Morgan fingerprint density at radius 1 is 1.03 bits per heavy atom. The predicted octanol–water partition coefficient (Wildman–Crippen LogP) is 7.73. The van der Waals surface area contributed by atoms with E-state index in [9.17, 15) is 36.1 Å². The van der Waals surface area contributed by atoms with Crippen LogP contribution in [0.2, 0.25) is 0 Å². The van der Waals surface area contributed by atoms with Gasteiger partial charge in [-0.3, -0.25) is 9.40 Å². The summed E-state index contributed by atoms with van der Waals surface area (Å²) in [6.45, 7) is 6.83. The van der Waals surface area contributed by atoms with E-state index in [0.717, 1.165) is 12.1 Å². The number of anilines is 1. The highest BCUT2D eigenvalue weighted by molar-refractivity contribution is 7.86. The van der Waals surface area contributed by atoms with Gasteiger partial charge in [-0.25, -0.2) is 27.8 Å². The number of carbonyl (C=O) groups is 1. The number of fused-ring (bicyclic) bond motifs is 2. The van der Waals surface area contributed by atoms with Gasteiger partial charge >= 0.3 is 12.2 Å². The van der Waals surface area contributed by atoms with Gasteiger partial charge in [0, 0.05) is 54.9 Å². The Hall–Kier alpha value is -6.07. The number of nitrogens with one attached hydrogen (secondary N) is 2. The van der Waals surface area contributed by atoms with Crippen LogP contribution in [0.5, 0.6) is 0 Å². The van der Waals surface area contributed by atoms with Crippen molar-refractivity contribution >= 4 is 33.7 Å². The normalized spacial score (nSPS) is 14.4. The van der Waals surface area contributed by atoms with E-state index in [1.54, 1.807) is 49.1 Å². The molecule has 0 bridgehead atoms. The first-order valence-electron chi connectivity index (χ1n) is 18.4. The van der Waals surface area contributed by atoms with Crippen molar-refractivity contribution in [1.29, 1.82) is 0 Å². The molecule has 1 aliphatic rings. The summed E-state index contributed by atoms with van der Waals surface area (Å²) in [6, 6.07) is 7.54. The highest BCUT2D eigenvalue weighted by Crippen LogP contribution is 2.46. The average molecular weight is 858 g/mol. The molecule has 316 valence electrons. The lowest BCUT2D eigenvalue weighted by atomic mass is 9.94. The molecule has 1 aliphatic carbocycles. The van der Waals surface area contributed by atoms with Crippen LogP contribution >= 0.6 is 0 Å². The number of pyridine rings is 1. The van der Waals surface area contributed by atoms with Gasteiger partial charge in [0.05, 0.1) is 23.6 Å². The second-order valence-corrected chi connectivity index (χ2v) is 15.3. The number of imidazole rings is 1. The number of para-hydroxylation sites is 1. The van der Waals surface area contributed by atoms with Crippen LogP contribution in [0.3, 0.4) is 0 Å². The molecule has 4 heterocycles. The molecule has 4 aromatic heterocycles. The molecule has 0 fully saturated rings.